The van der Waals surface area contributed by atoms with Gasteiger partial charge in [-0.2, -0.15) is 26.3 Å². The summed E-state index contributed by atoms with van der Waals surface area (Å²) in [6.45, 7) is 0. The van der Waals surface area contributed by atoms with Gasteiger partial charge < -0.3 is 10.8 Å². The van der Waals surface area contributed by atoms with Gasteiger partial charge in [-0.05, 0) is 54.3 Å². The van der Waals surface area contributed by atoms with Gasteiger partial charge in [-0.1, -0.05) is 42.5 Å². The number of alkyl halides is 6. The Kier molecular flexibility index (Phi) is 8.86. The summed E-state index contributed by atoms with van der Waals surface area (Å²) in [5.41, 5.74) is -1.49. The summed E-state index contributed by atoms with van der Waals surface area (Å²) < 4.78 is 123. The average Bonchev–Trinajstić information content (AvgIpc) is 2.94. The van der Waals surface area contributed by atoms with E-state index in [1.54, 1.807) is 30.3 Å². The van der Waals surface area contributed by atoms with E-state index in [1.165, 1.54) is 0 Å². The number of aliphatic hydroxyl groups is 1. The second-order valence-corrected chi connectivity index (χ2v) is 12.1. The zero-order chi connectivity index (χ0) is 32.7. The van der Waals surface area contributed by atoms with E-state index in [4.69, 9.17) is 5.73 Å². The maximum atomic E-state index is 13.8. The van der Waals surface area contributed by atoms with Gasteiger partial charge in [0.05, 0.1) is 22.5 Å². The molecule has 7 nitrogen and oxygen atoms in total. The molecule has 0 unspecified atom stereocenters. The van der Waals surface area contributed by atoms with E-state index in [1.807, 2.05) is 0 Å². The first-order chi connectivity index (χ1) is 20.4. The van der Waals surface area contributed by atoms with Crippen LogP contribution in [0.15, 0.2) is 77.7 Å². The topological polar surface area (TPSA) is 118 Å². The van der Waals surface area contributed by atoms with Crippen molar-refractivity contribution in [1.82, 2.24) is 0 Å². The van der Waals surface area contributed by atoms with E-state index >= 15 is 0 Å². The zero-order valence-electron chi connectivity index (χ0n) is 22.6. The van der Waals surface area contributed by atoms with Crippen LogP contribution in [0, 0.1) is 5.82 Å². The Morgan fingerprint density at radius 1 is 0.932 bits per heavy atom. The maximum absolute atomic E-state index is 13.8. The van der Waals surface area contributed by atoms with E-state index in [9.17, 15) is 53.8 Å². The number of carbonyl (C=O) groups is 2. The summed E-state index contributed by atoms with van der Waals surface area (Å²) in [4.78, 5) is 24.9. The summed E-state index contributed by atoms with van der Waals surface area (Å²) in [6.07, 6.45) is -13.7. The number of hydrogen-bond acceptors (Lipinski definition) is 5. The summed E-state index contributed by atoms with van der Waals surface area (Å²) in [6, 6.07) is 11.8. The number of fused-ring (bicyclic) bond motifs is 1. The van der Waals surface area contributed by atoms with Crippen LogP contribution in [0.2, 0.25) is 0 Å². The molecule has 3 aromatic carbocycles. The van der Waals surface area contributed by atoms with Crippen molar-refractivity contribution in [3.05, 3.63) is 95.3 Å². The van der Waals surface area contributed by atoms with Crippen molar-refractivity contribution >= 4 is 27.4 Å². The van der Waals surface area contributed by atoms with Gasteiger partial charge in [0, 0.05) is 18.4 Å². The van der Waals surface area contributed by atoms with Crippen molar-refractivity contribution < 1.29 is 53.8 Å². The Bertz CT molecular complexity index is 1630. The molecule has 44 heavy (non-hydrogen) atoms. The molecule has 1 aliphatic rings. The fourth-order valence-electron chi connectivity index (χ4n) is 5.22. The van der Waals surface area contributed by atoms with Crippen molar-refractivity contribution in [3.8, 4) is 0 Å². The first kappa shape index (κ1) is 32.9. The molecule has 15 heteroatoms. The molecule has 3 aromatic rings. The summed E-state index contributed by atoms with van der Waals surface area (Å²) in [5.74, 6) is -3.24. The molecule has 1 aliphatic heterocycles. The third-order valence-electron chi connectivity index (χ3n) is 7.44. The lowest BCUT2D eigenvalue weighted by Gasteiger charge is -2.39. The molecule has 236 valence electrons. The average molecular weight is 647 g/mol. The molecule has 0 saturated carbocycles. The smallest absolute Gasteiger partial charge is 0.369 e. The SMILES string of the molecule is NC(=O)[C@@H](CC(=O)C[C@@H]1CCc2cc(C(O)(C(F)(F)F)C(F)(F)F)ccc2N1S(=O)(=O)c1ccc(F)cc1)c1ccccc1. The second-order valence-electron chi connectivity index (χ2n) is 10.3. The van der Waals surface area contributed by atoms with E-state index in [0.29, 0.717) is 28.1 Å². The Labute approximate surface area is 247 Å². The van der Waals surface area contributed by atoms with E-state index in [0.717, 1.165) is 24.3 Å². The van der Waals surface area contributed by atoms with Gasteiger partial charge in [0.1, 0.15) is 11.6 Å². The lowest BCUT2D eigenvalue weighted by molar-refractivity contribution is -0.376. The third kappa shape index (κ3) is 6.15. The van der Waals surface area contributed by atoms with E-state index in [2.05, 4.69) is 0 Å². The Balaban J connectivity index is 1.77. The minimum absolute atomic E-state index is 0.230. The largest absolute Gasteiger partial charge is 0.430 e. The van der Waals surface area contributed by atoms with Crippen LogP contribution in [0.4, 0.5) is 36.4 Å². The number of carbonyl (C=O) groups excluding carboxylic acids is 2. The van der Waals surface area contributed by atoms with Gasteiger partial charge in [-0.25, -0.2) is 12.8 Å². The standard InChI is InChI=1S/C29H25F7N2O5S/c30-20-8-11-23(12-9-20)44(42,43)38-21(15-22(39)16-24(26(37)40)17-4-2-1-3-5-17)10-6-18-14-19(7-13-25(18)38)27(41,28(31,32)33)29(34,35)36/h1-5,7-9,11-14,21,24,41H,6,10,15-16H2,(H2,37,40)/t21-,24-/m0/s1. The predicted octanol–water partition coefficient (Wildman–Crippen LogP) is 5.27. The fourth-order valence-corrected chi connectivity index (χ4v) is 6.94. The van der Waals surface area contributed by atoms with Gasteiger partial charge in [0.2, 0.25) is 5.91 Å². The fraction of sp³-hybridized carbons (Fsp3) is 0.310. The number of amides is 1. The van der Waals surface area contributed by atoms with Gasteiger partial charge in [-0.3, -0.25) is 13.9 Å². The molecule has 0 saturated heterocycles. The molecule has 0 aromatic heterocycles. The number of hydrogen-bond donors (Lipinski definition) is 2. The van der Waals surface area contributed by atoms with Crippen LogP contribution >= 0.6 is 0 Å². The minimum atomic E-state index is -6.17. The Hall–Kier alpha value is -3.98. The summed E-state index contributed by atoms with van der Waals surface area (Å²) in [5, 5.41) is 9.88. The Morgan fingerprint density at radius 2 is 1.52 bits per heavy atom. The number of halogens is 7. The highest BCUT2D eigenvalue weighted by Crippen LogP contribution is 2.51. The molecule has 0 aliphatic carbocycles. The van der Waals surface area contributed by atoms with Crippen LogP contribution in [0.1, 0.15) is 41.9 Å². The van der Waals surface area contributed by atoms with Gasteiger partial charge in [-0.15, -0.1) is 0 Å². The molecule has 4 rings (SSSR count). The van der Waals surface area contributed by atoms with Crippen molar-refractivity contribution in [1.29, 1.82) is 0 Å². The zero-order valence-corrected chi connectivity index (χ0v) is 23.4. The normalized spacial score (nSPS) is 16.7. The molecule has 0 bridgehead atoms. The molecule has 0 spiro atoms. The predicted molar refractivity (Wildman–Crippen MR) is 143 cm³/mol. The number of nitrogens with zero attached hydrogens (tertiary/aromatic N) is 1. The van der Waals surface area contributed by atoms with Crippen LogP contribution in [0.5, 0.6) is 0 Å². The number of Topliss-reactive ketones (excluding diaryl/α,β-unsaturated/α-hetero) is 1. The second kappa shape index (κ2) is 11.8. The number of aryl methyl sites for hydroxylation is 1. The molecular weight excluding hydrogens is 621 g/mol. The van der Waals surface area contributed by atoms with Crippen LogP contribution < -0.4 is 10.0 Å². The van der Waals surface area contributed by atoms with Crippen molar-refractivity contribution in [2.24, 2.45) is 5.73 Å². The first-order valence-corrected chi connectivity index (χ1v) is 14.5. The lowest BCUT2D eigenvalue weighted by Crippen LogP contribution is -2.54. The molecule has 0 fully saturated rings. The van der Waals surface area contributed by atoms with Crippen molar-refractivity contribution in [2.45, 2.75) is 60.5 Å². The summed E-state index contributed by atoms with van der Waals surface area (Å²) in [7, 11) is -4.67. The number of nitrogens with two attached hydrogens (primary N) is 1. The maximum Gasteiger partial charge on any atom is 0.430 e. The Morgan fingerprint density at radius 3 is 2.07 bits per heavy atom. The van der Waals surface area contributed by atoms with Crippen LogP contribution in [-0.2, 0) is 31.6 Å². The van der Waals surface area contributed by atoms with Gasteiger partial charge in [0.25, 0.3) is 15.6 Å². The van der Waals surface area contributed by atoms with Crippen molar-refractivity contribution in [3.63, 3.8) is 0 Å². The number of rotatable bonds is 9. The molecule has 1 amide bonds. The van der Waals surface area contributed by atoms with Crippen LogP contribution in [0.25, 0.3) is 0 Å². The quantitative estimate of drug-likeness (QED) is 0.308. The minimum Gasteiger partial charge on any atom is -0.369 e. The van der Waals surface area contributed by atoms with Crippen LogP contribution in [-0.4, -0.2) is 43.6 Å². The molecule has 0 radical (unpaired) electrons. The highest BCUT2D eigenvalue weighted by atomic mass is 32.2. The van der Waals surface area contributed by atoms with E-state index in [-0.39, 0.29) is 24.1 Å². The number of sulfonamides is 1. The molecule has 3 N–H and O–H groups in total. The lowest BCUT2D eigenvalue weighted by atomic mass is 9.86. The monoisotopic (exact) mass is 646 g/mol. The van der Waals surface area contributed by atoms with Gasteiger partial charge in [0.15, 0.2) is 0 Å². The molecule has 2 atom stereocenters. The van der Waals surface area contributed by atoms with E-state index < -0.39 is 80.7 Å². The molecule has 1 heterocycles. The number of ketones is 1. The van der Waals surface area contributed by atoms with Gasteiger partial charge >= 0.3 is 12.4 Å². The number of benzene rings is 3. The number of anilines is 1. The summed E-state index contributed by atoms with van der Waals surface area (Å²) >= 11 is 0. The number of primary amides is 1. The molecular formula is C29H25F7N2O5S. The highest BCUT2D eigenvalue weighted by molar-refractivity contribution is 7.92. The third-order valence-corrected chi connectivity index (χ3v) is 9.33. The first-order valence-electron chi connectivity index (χ1n) is 13.0. The highest BCUT2D eigenvalue weighted by Gasteiger charge is 2.71. The van der Waals surface area contributed by atoms with Crippen LogP contribution in [0.3, 0.4) is 0 Å². The van der Waals surface area contributed by atoms with Crippen molar-refractivity contribution in [2.75, 3.05) is 4.31 Å².